The molecule has 1 heterocycles. The molecule has 0 aliphatic carbocycles. The molecule has 0 radical (unpaired) electrons. The first-order chi connectivity index (χ1) is 10.0. The highest BCUT2D eigenvalue weighted by molar-refractivity contribution is 5.60. The van der Waals surface area contributed by atoms with Crippen molar-refractivity contribution in [1.82, 2.24) is 15.3 Å². The number of nitrogens with zero attached hydrogens (tertiary/aromatic N) is 2. The van der Waals surface area contributed by atoms with Crippen molar-refractivity contribution in [3.05, 3.63) is 46.5 Å². The van der Waals surface area contributed by atoms with Crippen molar-refractivity contribution in [2.75, 3.05) is 6.54 Å². The molecule has 2 rings (SSSR count). The van der Waals surface area contributed by atoms with Gasteiger partial charge < -0.3 is 5.32 Å². The lowest BCUT2D eigenvalue weighted by atomic mass is 10.1. The highest BCUT2D eigenvalue weighted by Crippen LogP contribution is 2.23. The van der Waals surface area contributed by atoms with Crippen molar-refractivity contribution < 1.29 is 4.39 Å². The van der Waals surface area contributed by atoms with Crippen molar-refractivity contribution in [3.8, 4) is 11.4 Å². The molecule has 0 fully saturated rings. The second-order valence-electron chi connectivity index (χ2n) is 5.33. The minimum Gasteiger partial charge on any atom is -0.313 e. The first-order valence-electron chi connectivity index (χ1n) is 7.34. The van der Waals surface area contributed by atoms with Crippen molar-refractivity contribution in [3.63, 3.8) is 0 Å². The highest BCUT2D eigenvalue weighted by Gasteiger charge is 2.11. The highest BCUT2D eigenvalue weighted by atomic mass is 19.1. The van der Waals surface area contributed by atoms with Gasteiger partial charge in [-0.3, -0.25) is 0 Å². The number of benzene rings is 1. The van der Waals surface area contributed by atoms with Gasteiger partial charge in [-0.2, -0.15) is 0 Å². The summed E-state index contributed by atoms with van der Waals surface area (Å²) < 4.78 is 13.2. The Morgan fingerprint density at radius 1 is 1.10 bits per heavy atom. The SMILES string of the molecule is CCCNCc1c(C)nc(-c2ccc(F)cc2C)nc1C. The fourth-order valence-electron chi connectivity index (χ4n) is 2.38. The van der Waals surface area contributed by atoms with Crippen LogP contribution in [0, 0.1) is 26.6 Å². The van der Waals surface area contributed by atoms with E-state index in [-0.39, 0.29) is 5.82 Å². The summed E-state index contributed by atoms with van der Waals surface area (Å²) >= 11 is 0. The molecule has 0 amide bonds. The molecule has 0 spiro atoms. The van der Waals surface area contributed by atoms with Crippen LogP contribution >= 0.6 is 0 Å². The second-order valence-corrected chi connectivity index (χ2v) is 5.33. The molecule has 1 aromatic carbocycles. The zero-order chi connectivity index (χ0) is 15.4. The quantitative estimate of drug-likeness (QED) is 0.852. The lowest BCUT2D eigenvalue weighted by Gasteiger charge is -2.12. The summed E-state index contributed by atoms with van der Waals surface area (Å²) in [5.74, 6) is 0.437. The van der Waals surface area contributed by atoms with Crippen LogP contribution in [-0.2, 0) is 6.54 Å². The van der Waals surface area contributed by atoms with Crippen LogP contribution in [0.1, 0.15) is 35.9 Å². The van der Waals surface area contributed by atoms with Gasteiger partial charge in [-0.25, -0.2) is 14.4 Å². The molecule has 1 aromatic heterocycles. The van der Waals surface area contributed by atoms with Crippen LogP contribution in [-0.4, -0.2) is 16.5 Å². The Morgan fingerprint density at radius 3 is 2.33 bits per heavy atom. The van der Waals surface area contributed by atoms with E-state index in [4.69, 9.17) is 0 Å². The van der Waals surface area contributed by atoms with E-state index in [0.717, 1.165) is 47.6 Å². The summed E-state index contributed by atoms with van der Waals surface area (Å²) in [5, 5.41) is 3.38. The smallest absolute Gasteiger partial charge is 0.159 e. The van der Waals surface area contributed by atoms with E-state index in [1.54, 1.807) is 6.07 Å². The topological polar surface area (TPSA) is 37.8 Å². The Bertz CT molecular complexity index is 615. The number of hydrogen-bond donors (Lipinski definition) is 1. The minimum atomic E-state index is -0.231. The number of nitrogens with one attached hydrogen (secondary N) is 1. The molecule has 1 N–H and O–H groups in total. The van der Waals surface area contributed by atoms with E-state index in [0.29, 0.717) is 5.82 Å². The van der Waals surface area contributed by atoms with Gasteiger partial charge in [-0.1, -0.05) is 6.92 Å². The molecule has 0 bridgehead atoms. The van der Waals surface area contributed by atoms with Crippen LogP contribution in [0.3, 0.4) is 0 Å². The van der Waals surface area contributed by atoms with Gasteiger partial charge in [0.15, 0.2) is 5.82 Å². The summed E-state index contributed by atoms with van der Waals surface area (Å²) in [6.07, 6.45) is 1.10. The average molecular weight is 287 g/mol. The molecule has 112 valence electrons. The summed E-state index contributed by atoms with van der Waals surface area (Å²) in [6, 6.07) is 4.71. The summed E-state index contributed by atoms with van der Waals surface area (Å²) in [7, 11) is 0. The second kappa shape index (κ2) is 6.76. The predicted molar refractivity (Wildman–Crippen MR) is 83.6 cm³/mol. The van der Waals surface area contributed by atoms with Gasteiger partial charge in [0.1, 0.15) is 5.82 Å². The van der Waals surface area contributed by atoms with E-state index in [1.165, 1.54) is 12.1 Å². The van der Waals surface area contributed by atoms with Gasteiger partial charge in [0.25, 0.3) is 0 Å². The Morgan fingerprint density at radius 2 is 1.76 bits per heavy atom. The molecule has 21 heavy (non-hydrogen) atoms. The van der Waals surface area contributed by atoms with Gasteiger partial charge in [-0.05, 0) is 57.5 Å². The van der Waals surface area contributed by atoms with Gasteiger partial charge in [0.05, 0.1) is 0 Å². The summed E-state index contributed by atoms with van der Waals surface area (Å²) in [4.78, 5) is 9.20. The Kier molecular flexibility index (Phi) is 5.02. The summed E-state index contributed by atoms with van der Waals surface area (Å²) in [6.45, 7) is 9.79. The molecule has 3 nitrogen and oxygen atoms in total. The van der Waals surface area contributed by atoms with Gasteiger partial charge in [0.2, 0.25) is 0 Å². The molecule has 0 saturated heterocycles. The van der Waals surface area contributed by atoms with Gasteiger partial charge in [0, 0.05) is 29.1 Å². The van der Waals surface area contributed by atoms with Crippen molar-refractivity contribution >= 4 is 0 Å². The number of hydrogen-bond acceptors (Lipinski definition) is 3. The third-order valence-corrected chi connectivity index (χ3v) is 3.58. The average Bonchev–Trinajstić information content (AvgIpc) is 2.41. The van der Waals surface area contributed by atoms with Crippen molar-refractivity contribution in [2.45, 2.75) is 40.7 Å². The van der Waals surface area contributed by atoms with Crippen LogP contribution in [0.4, 0.5) is 4.39 Å². The number of aromatic nitrogens is 2. The predicted octanol–water partition coefficient (Wildman–Crippen LogP) is 3.71. The first-order valence-corrected chi connectivity index (χ1v) is 7.34. The lowest BCUT2D eigenvalue weighted by Crippen LogP contribution is -2.17. The van der Waals surface area contributed by atoms with Gasteiger partial charge >= 0.3 is 0 Å². The first kappa shape index (κ1) is 15.6. The maximum absolute atomic E-state index is 13.2. The standard InChI is InChI=1S/C17H22FN3/c1-5-8-19-10-16-12(3)20-17(21-13(16)4)15-7-6-14(18)9-11(15)2/h6-7,9,19H,5,8,10H2,1-4H3. The lowest BCUT2D eigenvalue weighted by molar-refractivity contribution is 0.627. The molecule has 0 aliphatic heterocycles. The van der Waals surface area contributed by atoms with Crippen LogP contribution in [0.2, 0.25) is 0 Å². The number of halogens is 1. The van der Waals surface area contributed by atoms with E-state index in [2.05, 4.69) is 22.2 Å². The molecular formula is C17H22FN3. The van der Waals surface area contributed by atoms with Crippen LogP contribution in [0.5, 0.6) is 0 Å². The minimum absolute atomic E-state index is 0.231. The molecule has 4 heteroatoms. The molecular weight excluding hydrogens is 265 g/mol. The third kappa shape index (κ3) is 3.64. The third-order valence-electron chi connectivity index (χ3n) is 3.58. The van der Waals surface area contributed by atoms with E-state index < -0.39 is 0 Å². The zero-order valence-electron chi connectivity index (χ0n) is 13.1. The van der Waals surface area contributed by atoms with Crippen LogP contribution in [0.25, 0.3) is 11.4 Å². The molecule has 0 aliphatic rings. The summed E-state index contributed by atoms with van der Waals surface area (Å²) in [5.41, 5.74) is 4.84. The van der Waals surface area contributed by atoms with E-state index in [9.17, 15) is 4.39 Å². The number of rotatable bonds is 5. The van der Waals surface area contributed by atoms with Crippen LogP contribution < -0.4 is 5.32 Å². The maximum atomic E-state index is 13.2. The maximum Gasteiger partial charge on any atom is 0.159 e. The Balaban J connectivity index is 2.35. The Labute approximate surface area is 125 Å². The fourth-order valence-corrected chi connectivity index (χ4v) is 2.38. The monoisotopic (exact) mass is 287 g/mol. The fraction of sp³-hybridized carbons (Fsp3) is 0.412. The van der Waals surface area contributed by atoms with Crippen molar-refractivity contribution in [1.29, 1.82) is 0 Å². The molecule has 0 saturated carbocycles. The number of aryl methyl sites for hydroxylation is 3. The van der Waals surface area contributed by atoms with Crippen LogP contribution in [0.15, 0.2) is 18.2 Å². The van der Waals surface area contributed by atoms with E-state index >= 15 is 0 Å². The van der Waals surface area contributed by atoms with Gasteiger partial charge in [-0.15, -0.1) is 0 Å². The van der Waals surface area contributed by atoms with E-state index in [1.807, 2.05) is 20.8 Å². The zero-order valence-corrected chi connectivity index (χ0v) is 13.1. The largest absolute Gasteiger partial charge is 0.313 e. The Hall–Kier alpha value is -1.81. The molecule has 0 atom stereocenters. The normalized spacial score (nSPS) is 10.9. The molecule has 0 unspecified atom stereocenters. The molecule has 2 aromatic rings. The van der Waals surface area contributed by atoms with Crippen molar-refractivity contribution in [2.24, 2.45) is 0 Å².